The lowest BCUT2D eigenvalue weighted by Crippen LogP contribution is -2.82. The summed E-state index contributed by atoms with van der Waals surface area (Å²) in [6.45, 7) is 12.3. The molecule has 0 unspecified atom stereocenters. The standard InChI is InChI=1S/C45H54N2O16/c1-22-27(60-38(54)32(51)31(25-15-17-46-18-16-25)47-40(56)62-39(55)41(4,5)6)20-45(57)36(61-37(53)26-13-11-10-12-14-26)34-43(9,28(50)19-29-44(34,21-58-29)63-24(3)49)35(52)33(59-23(2)48)30(22)42(45,7)8/h10-18,27-29,31-34,36,50-51,57H,19-21H2,1-9H3,(H,47,56)/t27-,28-,29+,31-,32+,33+,34-,36-,43+,44-,45+/m0/s1. The number of ketones is 1. The minimum absolute atomic E-state index is 0.0392. The number of aromatic nitrogens is 1. The number of hydrogen-bond donors (Lipinski definition) is 4. The Morgan fingerprint density at radius 1 is 0.937 bits per heavy atom. The van der Waals surface area contributed by atoms with Crippen LogP contribution in [0.1, 0.15) is 97.1 Å². The molecule has 0 spiro atoms. The minimum atomic E-state index is -2.45. The molecular weight excluding hydrogens is 824 g/mol. The summed E-state index contributed by atoms with van der Waals surface area (Å²) in [6.07, 6.45) is -9.66. The van der Waals surface area contributed by atoms with Crippen LogP contribution in [0, 0.1) is 22.2 Å². The number of fused-ring (bicyclic) bond motifs is 5. The van der Waals surface area contributed by atoms with Gasteiger partial charge in [0.05, 0.1) is 41.1 Å². The number of pyridine rings is 1. The van der Waals surface area contributed by atoms with E-state index < -0.39 is 124 Å². The van der Waals surface area contributed by atoms with Crippen molar-refractivity contribution in [2.24, 2.45) is 22.2 Å². The van der Waals surface area contributed by atoms with E-state index in [0.717, 1.165) is 13.8 Å². The molecule has 0 radical (unpaired) electrons. The number of rotatable bonds is 9. The van der Waals surface area contributed by atoms with Gasteiger partial charge < -0.3 is 49.1 Å². The van der Waals surface area contributed by atoms with Gasteiger partial charge in [-0.3, -0.25) is 24.2 Å². The van der Waals surface area contributed by atoms with Crippen LogP contribution in [0.2, 0.25) is 0 Å². The highest BCUT2D eigenvalue weighted by molar-refractivity contribution is 5.95. The van der Waals surface area contributed by atoms with Crippen molar-refractivity contribution in [2.45, 2.75) is 129 Å². The summed E-state index contributed by atoms with van der Waals surface area (Å²) < 4.78 is 35.0. The van der Waals surface area contributed by atoms with Gasteiger partial charge in [0, 0.05) is 44.5 Å². The Morgan fingerprint density at radius 3 is 2.13 bits per heavy atom. The number of Topliss-reactive ketones (excluding diaryl/α,β-unsaturated/α-hetero) is 1. The highest BCUT2D eigenvalue weighted by Gasteiger charge is 2.78. The molecule has 63 heavy (non-hydrogen) atoms. The second-order valence-electron chi connectivity index (χ2n) is 18.5. The van der Waals surface area contributed by atoms with Crippen LogP contribution in [0.15, 0.2) is 66.0 Å². The number of carbonyl (C=O) groups is 7. The van der Waals surface area contributed by atoms with E-state index in [4.69, 9.17) is 28.4 Å². The molecule has 1 aliphatic heterocycles. The predicted molar refractivity (Wildman–Crippen MR) is 216 cm³/mol. The zero-order chi connectivity index (χ0) is 46.6. The van der Waals surface area contributed by atoms with Crippen molar-refractivity contribution < 1.29 is 77.3 Å². The summed E-state index contributed by atoms with van der Waals surface area (Å²) in [5.74, 6) is -7.46. The largest absolute Gasteiger partial charge is 0.456 e. The molecule has 2 aromatic rings. The van der Waals surface area contributed by atoms with Gasteiger partial charge in [-0.2, -0.15) is 0 Å². The fourth-order valence-corrected chi connectivity index (χ4v) is 9.67. The van der Waals surface area contributed by atoms with Gasteiger partial charge in [0.1, 0.15) is 23.9 Å². The van der Waals surface area contributed by atoms with Crippen molar-refractivity contribution in [2.75, 3.05) is 6.61 Å². The molecule has 18 nitrogen and oxygen atoms in total. The molecule has 1 amide bonds. The summed E-state index contributed by atoms with van der Waals surface area (Å²) in [6, 6.07) is 8.90. The third-order valence-electron chi connectivity index (χ3n) is 13.1. The second-order valence-corrected chi connectivity index (χ2v) is 18.5. The first-order valence-electron chi connectivity index (χ1n) is 20.5. The Hall–Kier alpha value is -5.56. The average molecular weight is 879 g/mol. The zero-order valence-electron chi connectivity index (χ0n) is 36.5. The predicted octanol–water partition coefficient (Wildman–Crippen LogP) is 3.00. The number of esters is 5. The number of benzene rings is 1. The first-order chi connectivity index (χ1) is 29.3. The number of amides is 1. The Labute approximate surface area is 363 Å². The summed E-state index contributed by atoms with van der Waals surface area (Å²) in [7, 11) is 0. The van der Waals surface area contributed by atoms with Crippen molar-refractivity contribution in [1.29, 1.82) is 0 Å². The van der Waals surface area contributed by atoms with Gasteiger partial charge >= 0.3 is 35.9 Å². The van der Waals surface area contributed by atoms with E-state index in [2.05, 4.69) is 10.3 Å². The van der Waals surface area contributed by atoms with E-state index in [-0.39, 0.29) is 35.3 Å². The Kier molecular flexibility index (Phi) is 12.6. The summed E-state index contributed by atoms with van der Waals surface area (Å²) in [5, 5.41) is 39.7. The lowest BCUT2D eigenvalue weighted by atomic mass is 9.44. The average Bonchev–Trinajstić information content (AvgIpc) is 3.20. The fourth-order valence-electron chi connectivity index (χ4n) is 9.67. The molecule has 4 aliphatic rings. The molecule has 2 heterocycles. The summed E-state index contributed by atoms with van der Waals surface area (Å²) in [4.78, 5) is 99.4. The number of aliphatic hydroxyl groups excluding tert-OH is 2. The molecular formula is C45H54N2O16. The number of ether oxygens (including phenoxy) is 6. The zero-order valence-corrected chi connectivity index (χ0v) is 36.5. The van der Waals surface area contributed by atoms with Crippen LogP contribution in [0.3, 0.4) is 0 Å². The van der Waals surface area contributed by atoms with Crippen LogP contribution in [0.25, 0.3) is 0 Å². The van der Waals surface area contributed by atoms with Crippen molar-refractivity contribution in [3.05, 3.63) is 77.1 Å². The van der Waals surface area contributed by atoms with Gasteiger partial charge in [-0.1, -0.05) is 32.0 Å². The van der Waals surface area contributed by atoms with Crippen LogP contribution in [0.5, 0.6) is 0 Å². The molecule has 1 aromatic heterocycles. The number of alkyl carbamates (subject to hydrolysis) is 1. The summed E-state index contributed by atoms with van der Waals surface area (Å²) >= 11 is 0. The Morgan fingerprint density at radius 2 is 1.57 bits per heavy atom. The Bertz CT molecular complexity index is 2200. The maximum absolute atomic E-state index is 15.5. The molecule has 11 atom stereocenters. The van der Waals surface area contributed by atoms with E-state index in [0.29, 0.717) is 0 Å². The summed E-state index contributed by atoms with van der Waals surface area (Å²) in [5.41, 5.74) is -8.91. The first kappa shape index (κ1) is 46.9. The quantitative estimate of drug-likeness (QED) is 0.122. The van der Waals surface area contributed by atoms with Crippen molar-refractivity contribution in [1.82, 2.24) is 10.3 Å². The van der Waals surface area contributed by atoms with Crippen LogP contribution in [-0.2, 0) is 52.4 Å². The first-order valence-corrected chi connectivity index (χ1v) is 20.5. The van der Waals surface area contributed by atoms with Crippen molar-refractivity contribution in [3.8, 4) is 0 Å². The van der Waals surface area contributed by atoms with Gasteiger partial charge in [-0.25, -0.2) is 14.4 Å². The number of nitrogens with zero attached hydrogens (tertiary/aromatic N) is 1. The molecule has 2 saturated carbocycles. The smallest absolute Gasteiger partial charge is 0.415 e. The van der Waals surface area contributed by atoms with Gasteiger partial charge in [0.15, 0.2) is 23.6 Å². The van der Waals surface area contributed by atoms with Crippen molar-refractivity contribution in [3.63, 3.8) is 0 Å². The van der Waals surface area contributed by atoms with E-state index in [1.165, 1.54) is 85.1 Å². The molecule has 2 bridgehead atoms. The van der Waals surface area contributed by atoms with Crippen LogP contribution >= 0.6 is 0 Å². The molecule has 3 fully saturated rings. The highest BCUT2D eigenvalue weighted by atomic mass is 16.6. The van der Waals surface area contributed by atoms with E-state index in [9.17, 15) is 44.1 Å². The number of aliphatic hydroxyl groups is 3. The number of hydrogen-bond acceptors (Lipinski definition) is 17. The van der Waals surface area contributed by atoms with Gasteiger partial charge in [0.25, 0.3) is 0 Å². The molecule has 1 aromatic carbocycles. The van der Waals surface area contributed by atoms with Gasteiger partial charge in [0.2, 0.25) is 0 Å². The molecule has 340 valence electrons. The molecule has 1 saturated heterocycles. The maximum Gasteiger partial charge on any atom is 0.415 e. The normalized spacial score (nSPS) is 31.8. The monoisotopic (exact) mass is 878 g/mol. The lowest BCUT2D eigenvalue weighted by Gasteiger charge is -2.67. The van der Waals surface area contributed by atoms with Crippen LogP contribution in [-0.4, -0.2) is 116 Å². The molecule has 6 rings (SSSR count). The molecule has 4 N–H and O–H groups in total. The SMILES string of the molecule is CC(=O)O[C@H]1C(=O)[C@@]2(C)[C@H]([C@H](OC(=O)c3ccccc3)[C@]3(O)C[C@H](OC(=O)[C@H](O)[C@@H](NC(=O)OC(=O)C(C)(C)C)c4ccncc4)C(C)=C1C3(C)C)[C@]1(OC(C)=O)CO[C@@H]1C[C@@H]2O. The highest BCUT2D eigenvalue weighted by Crippen LogP contribution is 2.64. The number of carbonyl (C=O) groups excluding carboxylic acids is 7. The van der Waals surface area contributed by atoms with E-state index in [1.807, 2.05) is 0 Å². The third kappa shape index (κ3) is 8.13. The third-order valence-corrected chi connectivity index (χ3v) is 13.1. The molecule has 3 aliphatic carbocycles. The number of nitrogens with one attached hydrogen (secondary N) is 1. The fraction of sp³-hybridized carbons (Fsp3) is 0.556. The van der Waals surface area contributed by atoms with Gasteiger partial charge in [-0.15, -0.1) is 0 Å². The Balaban J connectivity index is 1.52. The van der Waals surface area contributed by atoms with E-state index >= 15 is 4.79 Å². The molecule has 18 heteroatoms. The lowest BCUT2D eigenvalue weighted by molar-refractivity contribution is -0.346. The second kappa shape index (κ2) is 16.9. The van der Waals surface area contributed by atoms with Crippen molar-refractivity contribution >= 4 is 41.7 Å². The minimum Gasteiger partial charge on any atom is -0.456 e. The maximum atomic E-state index is 15.5. The van der Waals surface area contributed by atoms with Gasteiger partial charge in [-0.05, 0) is 75.6 Å². The van der Waals surface area contributed by atoms with Crippen LogP contribution in [0.4, 0.5) is 4.79 Å². The van der Waals surface area contributed by atoms with Crippen LogP contribution < -0.4 is 5.32 Å². The topological polar surface area (TPSA) is 260 Å². The van der Waals surface area contributed by atoms with E-state index in [1.54, 1.807) is 18.2 Å².